The lowest BCUT2D eigenvalue weighted by Crippen LogP contribution is -1.98. The third-order valence-corrected chi connectivity index (χ3v) is 4.17. The van der Waals surface area contributed by atoms with Crippen molar-refractivity contribution in [3.63, 3.8) is 0 Å². The molecule has 1 N–H and O–H groups in total. The van der Waals surface area contributed by atoms with Gasteiger partial charge in [0.2, 0.25) is 5.88 Å². The van der Waals surface area contributed by atoms with Gasteiger partial charge in [0.1, 0.15) is 12.1 Å². The molecule has 0 unspecified atom stereocenters. The lowest BCUT2D eigenvalue weighted by atomic mass is 9.98. The van der Waals surface area contributed by atoms with E-state index in [4.69, 9.17) is 14.6 Å². The normalized spacial score (nSPS) is 10.2. The maximum Gasteiger partial charge on any atom is 0.290 e. The van der Waals surface area contributed by atoms with E-state index >= 15 is 0 Å². The second-order valence-electron chi connectivity index (χ2n) is 5.99. The molecule has 1 aromatic carbocycles. The highest BCUT2D eigenvalue weighted by atomic mass is 16.5. The molecule has 0 saturated heterocycles. The molecule has 8 nitrogen and oxygen atoms in total. The van der Waals surface area contributed by atoms with Crippen LogP contribution in [0.2, 0.25) is 0 Å². The molecule has 8 heteroatoms. The van der Waals surface area contributed by atoms with E-state index in [0.29, 0.717) is 5.88 Å². The summed E-state index contributed by atoms with van der Waals surface area (Å²) in [4.78, 5) is 21.2. The molecular formula is C20H19N5O3. The van der Waals surface area contributed by atoms with Crippen molar-refractivity contribution in [3.05, 3.63) is 66.0 Å². The number of hydrogen-bond acceptors (Lipinski definition) is 6. The Morgan fingerprint density at radius 2 is 1.71 bits per heavy atom. The van der Waals surface area contributed by atoms with Gasteiger partial charge in [0.15, 0.2) is 5.65 Å². The van der Waals surface area contributed by atoms with E-state index in [1.165, 1.54) is 0 Å². The van der Waals surface area contributed by atoms with Gasteiger partial charge in [-0.15, -0.1) is 0 Å². The van der Waals surface area contributed by atoms with Crippen LogP contribution in [-0.4, -0.2) is 36.1 Å². The van der Waals surface area contributed by atoms with Crippen molar-refractivity contribution < 1.29 is 14.6 Å². The topological polar surface area (TPSA) is 103 Å². The van der Waals surface area contributed by atoms with Gasteiger partial charge in [-0.3, -0.25) is 4.79 Å². The third-order valence-electron chi connectivity index (χ3n) is 4.17. The van der Waals surface area contributed by atoms with Crippen LogP contribution in [0, 0.1) is 20.8 Å². The van der Waals surface area contributed by atoms with E-state index in [0.717, 1.165) is 39.5 Å². The van der Waals surface area contributed by atoms with Crippen molar-refractivity contribution in [2.24, 2.45) is 0 Å². The molecule has 142 valence electrons. The predicted molar refractivity (Wildman–Crippen MR) is 103 cm³/mol. The molecule has 0 saturated carbocycles. The number of carbonyl (C=O) groups is 1. The van der Waals surface area contributed by atoms with Crippen LogP contribution >= 0.6 is 0 Å². The standard InChI is InChI=1S/C19H17N5O.CH2O2/c1-12-10-15(25-18-7-8-20-17-6-9-23-24(17)18)4-5-16(12)19-13(2)21-11-22-14(19)3;2-1-3/h4-11H,1-3H3;1H,(H,2,3). The molecule has 0 spiro atoms. The van der Waals surface area contributed by atoms with Gasteiger partial charge < -0.3 is 9.84 Å². The summed E-state index contributed by atoms with van der Waals surface area (Å²) in [6, 6.07) is 9.64. The number of benzene rings is 1. The molecule has 0 aliphatic heterocycles. The summed E-state index contributed by atoms with van der Waals surface area (Å²) >= 11 is 0. The first-order chi connectivity index (χ1) is 13.5. The van der Waals surface area contributed by atoms with Crippen molar-refractivity contribution in [2.45, 2.75) is 20.8 Å². The second-order valence-corrected chi connectivity index (χ2v) is 5.99. The summed E-state index contributed by atoms with van der Waals surface area (Å²) in [5, 5.41) is 11.1. The van der Waals surface area contributed by atoms with Crippen LogP contribution in [0.15, 0.2) is 49.1 Å². The van der Waals surface area contributed by atoms with E-state index in [1.54, 1.807) is 29.3 Å². The summed E-state index contributed by atoms with van der Waals surface area (Å²) in [5.41, 5.74) is 5.97. The first-order valence-corrected chi connectivity index (χ1v) is 8.49. The number of nitrogens with zero attached hydrogens (tertiary/aromatic N) is 5. The lowest BCUT2D eigenvalue weighted by molar-refractivity contribution is -0.122. The average molecular weight is 377 g/mol. The Bertz CT molecular complexity index is 1100. The van der Waals surface area contributed by atoms with E-state index in [9.17, 15) is 0 Å². The Kier molecular flexibility index (Phi) is 5.59. The van der Waals surface area contributed by atoms with Crippen molar-refractivity contribution >= 4 is 12.1 Å². The maximum absolute atomic E-state index is 8.36. The summed E-state index contributed by atoms with van der Waals surface area (Å²) in [7, 11) is 0. The highest BCUT2D eigenvalue weighted by molar-refractivity contribution is 5.71. The molecule has 0 amide bonds. The monoisotopic (exact) mass is 377 g/mol. The minimum Gasteiger partial charge on any atom is -0.483 e. The van der Waals surface area contributed by atoms with E-state index in [2.05, 4.69) is 27.0 Å². The van der Waals surface area contributed by atoms with Crippen LogP contribution < -0.4 is 4.74 Å². The lowest BCUT2D eigenvalue weighted by Gasteiger charge is -2.13. The van der Waals surface area contributed by atoms with Crippen molar-refractivity contribution in [1.29, 1.82) is 0 Å². The van der Waals surface area contributed by atoms with Crippen molar-refractivity contribution in [3.8, 4) is 22.8 Å². The fraction of sp³-hybridized carbons (Fsp3) is 0.150. The fourth-order valence-electron chi connectivity index (χ4n) is 2.97. The largest absolute Gasteiger partial charge is 0.483 e. The number of rotatable bonds is 3. The first-order valence-electron chi connectivity index (χ1n) is 8.49. The van der Waals surface area contributed by atoms with Gasteiger partial charge in [-0.05, 0) is 44.0 Å². The Morgan fingerprint density at radius 1 is 1.00 bits per heavy atom. The van der Waals surface area contributed by atoms with Crippen LogP contribution in [0.3, 0.4) is 0 Å². The molecule has 0 bridgehead atoms. The van der Waals surface area contributed by atoms with Crippen LogP contribution in [0.5, 0.6) is 11.6 Å². The van der Waals surface area contributed by atoms with Gasteiger partial charge in [-0.1, -0.05) is 6.07 Å². The molecule has 3 heterocycles. The Morgan fingerprint density at radius 3 is 2.39 bits per heavy atom. The number of ether oxygens (including phenoxy) is 1. The quantitative estimate of drug-likeness (QED) is 0.544. The minimum atomic E-state index is -0.250. The summed E-state index contributed by atoms with van der Waals surface area (Å²) in [6.07, 6.45) is 5.01. The van der Waals surface area contributed by atoms with Gasteiger partial charge in [-0.2, -0.15) is 9.61 Å². The number of aryl methyl sites for hydroxylation is 3. The number of fused-ring (bicyclic) bond motifs is 1. The zero-order valence-electron chi connectivity index (χ0n) is 15.7. The second kappa shape index (κ2) is 8.26. The molecule has 4 aromatic rings. The van der Waals surface area contributed by atoms with Gasteiger partial charge >= 0.3 is 0 Å². The smallest absolute Gasteiger partial charge is 0.290 e. The van der Waals surface area contributed by atoms with Gasteiger partial charge in [0, 0.05) is 35.3 Å². The molecule has 0 radical (unpaired) electrons. The van der Waals surface area contributed by atoms with Crippen molar-refractivity contribution in [1.82, 2.24) is 24.6 Å². The summed E-state index contributed by atoms with van der Waals surface area (Å²) in [6.45, 7) is 5.81. The SMILES string of the molecule is Cc1cc(Oc2ccnc3ccnn23)ccc1-c1c(C)ncnc1C.O=CO. The molecule has 0 fully saturated rings. The van der Waals surface area contributed by atoms with Crippen LogP contribution in [0.25, 0.3) is 16.8 Å². The number of hydrogen-bond donors (Lipinski definition) is 1. The zero-order valence-corrected chi connectivity index (χ0v) is 15.7. The first kappa shape index (κ1) is 19.0. The molecule has 0 aliphatic carbocycles. The van der Waals surface area contributed by atoms with Crippen LogP contribution in [0.1, 0.15) is 17.0 Å². The molecular weight excluding hydrogens is 358 g/mol. The van der Waals surface area contributed by atoms with Gasteiger partial charge in [0.25, 0.3) is 6.47 Å². The molecule has 0 atom stereocenters. The fourth-order valence-corrected chi connectivity index (χ4v) is 2.97. The Hall–Kier alpha value is -3.81. The molecule has 3 aromatic heterocycles. The average Bonchev–Trinajstić information content (AvgIpc) is 3.14. The zero-order chi connectivity index (χ0) is 20.1. The molecule has 28 heavy (non-hydrogen) atoms. The van der Waals surface area contributed by atoms with Gasteiger partial charge in [-0.25, -0.2) is 15.0 Å². The predicted octanol–water partition coefficient (Wildman–Crippen LogP) is 3.60. The minimum absolute atomic E-state index is 0.250. The highest BCUT2D eigenvalue weighted by Crippen LogP contribution is 2.31. The Balaban J connectivity index is 0.000000706. The van der Waals surface area contributed by atoms with Crippen LogP contribution in [-0.2, 0) is 4.79 Å². The van der Waals surface area contributed by atoms with Gasteiger partial charge in [0.05, 0.1) is 6.20 Å². The van der Waals surface area contributed by atoms with E-state index in [1.807, 2.05) is 38.1 Å². The van der Waals surface area contributed by atoms with E-state index in [-0.39, 0.29) is 6.47 Å². The number of carboxylic acid groups (broad SMARTS) is 1. The Labute approximate surface area is 161 Å². The van der Waals surface area contributed by atoms with Crippen LogP contribution in [0.4, 0.5) is 0 Å². The number of aromatic nitrogens is 5. The van der Waals surface area contributed by atoms with Crippen molar-refractivity contribution in [2.75, 3.05) is 0 Å². The highest BCUT2D eigenvalue weighted by Gasteiger charge is 2.12. The molecule has 4 rings (SSSR count). The summed E-state index contributed by atoms with van der Waals surface area (Å²) in [5.74, 6) is 1.37. The maximum atomic E-state index is 8.36. The van der Waals surface area contributed by atoms with E-state index < -0.39 is 0 Å². The summed E-state index contributed by atoms with van der Waals surface area (Å²) < 4.78 is 7.68. The molecule has 0 aliphatic rings. The third kappa shape index (κ3) is 3.80.